The van der Waals surface area contributed by atoms with Crippen LogP contribution < -0.4 is 15.8 Å². The van der Waals surface area contributed by atoms with Gasteiger partial charge < -0.3 is 10.5 Å². The van der Waals surface area contributed by atoms with Crippen molar-refractivity contribution in [2.45, 2.75) is 26.3 Å². The fourth-order valence-electron chi connectivity index (χ4n) is 1.38. The molecule has 0 aliphatic carbocycles. The van der Waals surface area contributed by atoms with Gasteiger partial charge in [0.05, 0.1) is 13.2 Å². The molecule has 0 unspecified atom stereocenters. The third-order valence-corrected chi connectivity index (χ3v) is 2.37. The van der Waals surface area contributed by atoms with Gasteiger partial charge in [-0.15, -0.1) is 0 Å². The summed E-state index contributed by atoms with van der Waals surface area (Å²) < 4.78 is 4.92. The van der Waals surface area contributed by atoms with E-state index in [0.717, 1.165) is 0 Å². The molecule has 0 saturated heterocycles. The Hall–Kier alpha value is -1.40. The molecule has 18 heavy (non-hydrogen) atoms. The van der Waals surface area contributed by atoms with Gasteiger partial charge in [-0.1, -0.05) is 25.4 Å². The fraction of sp³-hybridized carbons (Fsp3) is 0.545. The van der Waals surface area contributed by atoms with Crippen LogP contribution in [0, 0.1) is 5.92 Å². The van der Waals surface area contributed by atoms with E-state index < -0.39 is 6.04 Å². The Bertz CT molecular complexity index is 426. The SMILES string of the molecule is COc1cc(Cl)nc(NC(=O)[C@@H](N)CC(C)C)n1. The Morgan fingerprint density at radius 1 is 1.56 bits per heavy atom. The summed E-state index contributed by atoms with van der Waals surface area (Å²) in [5.74, 6) is 0.361. The Balaban J connectivity index is 2.72. The number of nitrogens with two attached hydrogens (primary N) is 1. The van der Waals surface area contributed by atoms with Gasteiger partial charge in [0.2, 0.25) is 17.7 Å². The second kappa shape index (κ2) is 6.51. The summed E-state index contributed by atoms with van der Waals surface area (Å²) in [7, 11) is 1.45. The van der Waals surface area contributed by atoms with Crippen molar-refractivity contribution in [1.29, 1.82) is 0 Å². The van der Waals surface area contributed by atoms with E-state index >= 15 is 0 Å². The van der Waals surface area contributed by atoms with Gasteiger partial charge in [-0.25, -0.2) is 4.98 Å². The molecule has 1 atom stereocenters. The van der Waals surface area contributed by atoms with Gasteiger partial charge in [0.1, 0.15) is 5.15 Å². The number of nitrogens with one attached hydrogen (secondary N) is 1. The first-order valence-corrected chi connectivity index (χ1v) is 5.95. The van der Waals surface area contributed by atoms with Crippen LogP contribution in [0.5, 0.6) is 5.88 Å². The molecular weight excluding hydrogens is 256 g/mol. The molecule has 0 aliphatic rings. The fourth-order valence-corrected chi connectivity index (χ4v) is 1.55. The molecule has 1 aromatic heterocycles. The largest absolute Gasteiger partial charge is 0.481 e. The summed E-state index contributed by atoms with van der Waals surface area (Å²) in [4.78, 5) is 19.6. The van der Waals surface area contributed by atoms with Gasteiger partial charge in [0, 0.05) is 6.07 Å². The minimum absolute atomic E-state index is 0.0866. The number of ether oxygens (including phenoxy) is 1. The van der Waals surface area contributed by atoms with Crippen LogP contribution in [0.1, 0.15) is 20.3 Å². The minimum atomic E-state index is -0.599. The molecule has 0 aliphatic heterocycles. The topological polar surface area (TPSA) is 90.1 Å². The molecule has 0 bridgehead atoms. The monoisotopic (exact) mass is 272 g/mol. The Morgan fingerprint density at radius 2 is 2.22 bits per heavy atom. The molecule has 3 N–H and O–H groups in total. The Morgan fingerprint density at radius 3 is 2.78 bits per heavy atom. The highest BCUT2D eigenvalue weighted by molar-refractivity contribution is 6.29. The molecule has 1 aromatic rings. The van der Waals surface area contributed by atoms with E-state index in [4.69, 9.17) is 22.1 Å². The smallest absolute Gasteiger partial charge is 0.243 e. The molecular formula is C11H17ClN4O2. The average molecular weight is 273 g/mol. The first-order valence-electron chi connectivity index (χ1n) is 5.57. The molecule has 1 amide bonds. The van der Waals surface area contributed by atoms with E-state index in [2.05, 4.69) is 15.3 Å². The van der Waals surface area contributed by atoms with Gasteiger partial charge in [0.25, 0.3) is 0 Å². The maximum atomic E-state index is 11.8. The summed E-state index contributed by atoms with van der Waals surface area (Å²) in [6, 6.07) is 0.851. The van der Waals surface area contributed by atoms with E-state index in [9.17, 15) is 4.79 Å². The van der Waals surface area contributed by atoms with Crippen LogP contribution in [0.3, 0.4) is 0 Å². The van der Waals surface area contributed by atoms with Crippen LogP contribution in [0.2, 0.25) is 5.15 Å². The summed E-state index contributed by atoms with van der Waals surface area (Å²) in [5, 5.41) is 2.70. The van der Waals surface area contributed by atoms with Crippen molar-refractivity contribution in [1.82, 2.24) is 9.97 Å². The standard InChI is InChI=1S/C11H17ClN4O2/c1-6(2)4-7(13)10(17)16-11-14-8(12)5-9(15-11)18-3/h5-7H,4,13H2,1-3H3,(H,14,15,16,17)/t7-/m0/s1. The highest BCUT2D eigenvalue weighted by Gasteiger charge is 2.16. The molecule has 0 fully saturated rings. The number of halogens is 1. The van der Waals surface area contributed by atoms with Gasteiger partial charge in [0.15, 0.2) is 0 Å². The van der Waals surface area contributed by atoms with Crippen molar-refractivity contribution in [2.24, 2.45) is 11.7 Å². The average Bonchev–Trinajstić information content (AvgIpc) is 2.27. The van der Waals surface area contributed by atoms with E-state index in [-0.39, 0.29) is 22.9 Å². The molecule has 0 radical (unpaired) electrons. The van der Waals surface area contributed by atoms with Gasteiger partial charge in [-0.3, -0.25) is 10.1 Å². The van der Waals surface area contributed by atoms with E-state index in [1.165, 1.54) is 13.2 Å². The van der Waals surface area contributed by atoms with Crippen LogP contribution in [0.4, 0.5) is 5.95 Å². The second-order valence-corrected chi connectivity index (χ2v) is 4.67. The number of carbonyl (C=O) groups is 1. The highest BCUT2D eigenvalue weighted by atomic mass is 35.5. The highest BCUT2D eigenvalue weighted by Crippen LogP contribution is 2.16. The van der Waals surface area contributed by atoms with E-state index in [1.54, 1.807) is 0 Å². The predicted molar refractivity (Wildman–Crippen MR) is 69.7 cm³/mol. The zero-order valence-electron chi connectivity index (χ0n) is 10.6. The Kier molecular flexibility index (Phi) is 5.30. The van der Waals surface area contributed by atoms with Crippen LogP contribution in [0.25, 0.3) is 0 Å². The van der Waals surface area contributed by atoms with Crippen molar-refractivity contribution >= 4 is 23.5 Å². The van der Waals surface area contributed by atoms with E-state index in [0.29, 0.717) is 12.3 Å². The molecule has 1 heterocycles. The maximum Gasteiger partial charge on any atom is 0.243 e. The third kappa shape index (κ3) is 4.46. The number of hydrogen-bond donors (Lipinski definition) is 2. The lowest BCUT2D eigenvalue weighted by Crippen LogP contribution is -2.37. The van der Waals surface area contributed by atoms with Crippen LogP contribution >= 0.6 is 11.6 Å². The second-order valence-electron chi connectivity index (χ2n) is 4.28. The van der Waals surface area contributed by atoms with Gasteiger partial charge in [-0.2, -0.15) is 4.98 Å². The number of hydrogen-bond acceptors (Lipinski definition) is 5. The molecule has 100 valence electrons. The van der Waals surface area contributed by atoms with Crippen LogP contribution in [0.15, 0.2) is 6.07 Å². The zero-order chi connectivity index (χ0) is 13.7. The number of anilines is 1. The summed E-state index contributed by atoms with van der Waals surface area (Å²) in [6.45, 7) is 3.98. The van der Waals surface area contributed by atoms with Crippen molar-refractivity contribution < 1.29 is 9.53 Å². The summed E-state index contributed by atoms with van der Waals surface area (Å²) >= 11 is 5.76. The number of aromatic nitrogens is 2. The number of methoxy groups -OCH3 is 1. The summed E-state index contributed by atoms with van der Waals surface area (Å²) in [5.41, 5.74) is 5.74. The van der Waals surface area contributed by atoms with Crippen molar-refractivity contribution in [3.05, 3.63) is 11.2 Å². The zero-order valence-corrected chi connectivity index (χ0v) is 11.4. The van der Waals surface area contributed by atoms with Gasteiger partial charge in [-0.05, 0) is 12.3 Å². The lowest BCUT2D eigenvalue weighted by atomic mass is 10.0. The van der Waals surface area contributed by atoms with Crippen molar-refractivity contribution in [3.63, 3.8) is 0 Å². The molecule has 1 rings (SSSR count). The van der Waals surface area contributed by atoms with Crippen molar-refractivity contribution in [2.75, 3.05) is 12.4 Å². The lowest BCUT2D eigenvalue weighted by Gasteiger charge is -2.13. The number of rotatable bonds is 5. The first-order chi connectivity index (χ1) is 8.42. The maximum absolute atomic E-state index is 11.8. The number of amides is 1. The molecule has 0 spiro atoms. The van der Waals surface area contributed by atoms with Gasteiger partial charge >= 0.3 is 0 Å². The summed E-state index contributed by atoms with van der Waals surface area (Å²) in [6.07, 6.45) is 0.587. The molecule has 0 aromatic carbocycles. The lowest BCUT2D eigenvalue weighted by molar-refractivity contribution is -0.117. The number of nitrogens with zero attached hydrogens (tertiary/aromatic N) is 2. The van der Waals surface area contributed by atoms with Crippen molar-refractivity contribution in [3.8, 4) is 5.88 Å². The molecule has 6 nitrogen and oxygen atoms in total. The normalized spacial score (nSPS) is 12.3. The Labute approximate surface area is 111 Å². The van der Waals surface area contributed by atoms with E-state index in [1.807, 2.05) is 13.8 Å². The minimum Gasteiger partial charge on any atom is -0.481 e. The van der Waals surface area contributed by atoms with Crippen LogP contribution in [-0.2, 0) is 4.79 Å². The molecule has 7 heteroatoms. The number of carbonyl (C=O) groups excluding carboxylic acids is 1. The third-order valence-electron chi connectivity index (χ3n) is 2.18. The van der Waals surface area contributed by atoms with Crippen LogP contribution in [-0.4, -0.2) is 29.0 Å². The first kappa shape index (κ1) is 14.7. The quantitative estimate of drug-likeness (QED) is 0.792. The predicted octanol–water partition coefficient (Wildman–Crippen LogP) is 1.45. The molecule has 0 saturated carbocycles.